The number of hydrogen-bond donors (Lipinski definition) is 0. The molecular formula is C9H16ClN3OS. The van der Waals surface area contributed by atoms with Gasteiger partial charge in [-0.1, -0.05) is 20.8 Å². The molecule has 1 rings (SSSR count). The molecule has 0 aliphatic carbocycles. The Morgan fingerprint density at radius 2 is 2.00 bits per heavy atom. The van der Waals surface area contributed by atoms with E-state index in [4.69, 9.17) is 11.6 Å². The number of nitrogens with zero attached hydrogens (tertiary/aromatic N) is 3. The van der Waals surface area contributed by atoms with Crippen molar-refractivity contribution in [2.45, 2.75) is 32.7 Å². The molecular weight excluding hydrogens is 234 g/mol. The van der Waals surface area contributed by atoms with Gasteiger partial charge in [-0.2, -0.15) is 0 Å². The van der Waals surface area contributed by atoms with Crippen molar-refractivity contribution in [1.29, 1.82) is 0 Å². The van der Waals surface area contributed by atoms with E-state index in [1.807, 2.05) is 25.3 Å². The van der Waals surface area contributed by atoms with Gasteiger partial charge in [0.15, 0.2) is 0 Å². The van der Waals surface area contributed by atoms with Crippen LogP contribution >= 0.6 is 11.6 Å². The summed E-state index contributed by atoms with van der Waals surface area (Å²) in [7, 11) is -0.829. The van der Waals surface area contributed by atoms with E-state index >= 15 is 0 Å². The van der Waals surface area contributed by atoms with E-state index in [0.29, 0.717) is 17.6 Å². The van der Waals surface area contributed by atoms with E-state index in [2.05, 4.69) is 10.2 Å². The second-order valence-corrected chi connectivity index (χ2v) is 6.36. The van der Waals surface area contributed by atoms with E-state index in [-0.39, 0.29) is 5.41 Å². The Hall–Kier alpha value is -0.420. The van der Waals surface area contributed by atoms with Crippen LogP contribution < -0.4 is 0 Å². The Bertz CT molecular complexity index is 370. The Morgan fingerprint density at radius 3 is 2.47 bits per heavy atom. The molecule has 1 aromatic heterocycles. The van der Waals surface area contributed by atoms with E-state index in [9.17, 15) is 4.21 Å². The van der Waals surface area contributed by atoms with Crippen LogP contribution in [-0.2, 0) is 22.8 Å². The molecule has 0 N–H and O–H groups in total. The van der Waals surface area contributed by atoms with Gasteiger partial charge in [-0.15, -0.1) is 10.2 Å². The van der Waals surface area contributed by atoms with E-state index in [1.54, 1.807) is 6.26 Å². The molecule has 1 aromatic rings. The van der Waals surface area contributed by atoms with Crippen LogP contribution in [0.2, 0.25) is 5.28 Å². The van der Waals surface area contributed by atoms with Crippen molar-refractivity contribution in [3.05, 3.63) is 11.1 Å². The van der Waals surface area contributed by atoms with Crippen LogP contribution in [0.15, 0.2) is 0 Å². The fraction of sp³-hybridized carbons (Fsp3) is 0.778. The standard InChI is InChI=1S/C9H16ClN3OS/c1-9(2,3)7-11-12-8(10)13(7)5-6-15(4)14/h5-6H2,1-4H3. The highest BCUT2D eigenvalue weighted by molar-refractivity contribution is 7.84. The third-order valence-electron chi connectivity index (χ3n) is 1.98. The van der Waals surface area contributed by atoms with Crippen molar-refractivity contribution in [2.75, 3.05) is 12.0 Å². The van der Waals surface area contributed by atoms with Gasteiger partial charge in [0.2, 0.25) is 5.28 Å². The lowest BCUT2D eigenvalue weighted by Crippen LogP contribution is -2.21. The fourth-order valence-corrected chi connectivity index (χ4v) is 1.90. The van der Waals surface area contributed by atoms with E-state index < -0.39 is 10.8 Å². The zero-order chi connectivity index (χ0) is 11.6. The first kappa shape index (κ1) is 12.6. The average Bonchev–Trinajstić information content (AvgIpc) is 2.42. The molecule has 1 atom stereocenters. The van der Waals surface area contributed by atoms with Crippen LogP contribution in [0, 0.1) is 0 Å². The van der Waals surface area contributed by atoms with E-state index in [0.717, 1.165) is 5.82 Å². The number of rotatable bonds is 3. The second kappa shape index (κ2) is 4.61. The van der Waals surface area contributed by atoms with Crippen LogP contribution in [-0.4, -0.2) is 31.0 Å². The number of halogens is 1. The highest BCUT2D eigenvalue weighted by Crippen LogP contribution is 2.22. The van der Waals surface area contributed by atoms with Crippen LogP contribution in [0.4, 0.5) is 0 Å². The monoisotopic (exact) mass is 249 g/mol. The summed E-state index contributed by atoms with van der Waals surface area (Å²) < 4.78 is 12.8. The lowest BCUT2D eigenvalue weighted by Gasteiger charge is -2.18. The van der Waals surface area contributed by atoms with Crippen molar-refractivity contribution < 1.29 is 4.21 Å². The maximum atomic E-state index is 11.0. The first-order valence-electron chi connectivity index (χ1n) is 4.71. The summed E-state index contributed by atoms with van der Waals surface area (Å²) >= 11 is 5.92. The molecule has 0 amide bonds. The molecule has 0 bridgehead atoms. The molecule has 1 unspecified atom stereocenters. The quantitative estimate of drug-likeness (QED) is 0.818. The smallest absolute Gasteiger partial charge is 0.225 e. The first-order chi connectivity index (χ1) is 6.82. The minimum Gasteiger partial charge on any atom is -0.300 e. The lowest BCUT2D eigenvalue weighted by atomic mass is 9.96. The molecule has 1 heterocycles. The summed E-state index contributed by atoms with van der Waals surface area (Å²) in [4.78, 5) is 0. The van der Waals surface area contributed by atoms with Crippen molar-refractivity contribution in [1.82, 2.24) is 14.8 Å². The highest BCUT2D eigenvalue weighted by Gasteiger charge is 2.23. The van der Waals surface area contributed by atoms with Gasteiger partial charge in [-0.05, 0) is 11.6 Å². The second-order valence-electron chi connectivity index (χ2n) is 4.47. The fourth-order valence-electron chi connectivity index (χ4n) is 1.26. The highest BCUT2D eigenvalue weighted by atomic mass is 35.5. The Kier molecular flexibility index (Phi) is 3.89. The van der Waals surface area contributed by atoms with Gasteiger partial charge in [0.1, 0.15) is 5.82 Å². The van der Waals surface area contributed by atoms with Crippen molar-refractivity contribution >= 4 is 22.4 Å². The van der Waals surface area contributed by atoms with Gasteiger partial charge in [0.05, 0.1) is 0 Å². The van der Waals surface area contributed by atoms with Crippen LogP contribution in [0.5, 0.6) is 0 Å². The van der Waals surface area contributed by atoms with Gasteiger partial charge in [-0.25, -0.2) is 0 Å². The molecule has 0 saturated heterocycles. The first-order valence-corrected chi connectivity index (χ1v) is 6.82. The van der Waals surface area contributed by atoms with Gasteiger partial charge in [0.25, 0.3) is 0 Å². The summed E-state index contributed by atoms with van der Waals surface area (Å²) in [5, 5.41) is 8.25. The van der Waals surface area contributed by atoms with Crippen LogP contribution in [0.1, 0.15) is 26.6 Å². The molecule has 86 valence electrons. The number of aromatic nitrogens is 3. The summed E-state index contributed by atoms with van der Waals surface area (Å²) in [5.74, 6) is 1.40. The minimum atomic E-state index is -0.829. The summed E-state index contributed by atoms with van der Waals surface area (Å²) in [6.07, 6.45) is 1.68. The third kappa shape index (κ3) is 3.28. The predicted molar refractivity (Wildman–Crippen MR) is 62.7 cm³/mol. The van der Waals surface area contributed by atoms with Crippen molar-refractivity contribution in [2.24, 2.45) is 0 Å². The Balaban J connectivity index is 2.95. The van der Waals surface area contributed by atoms with Gasteiger partial charge in [-0.3, -0.25) is 4.21 Å². The SMILES string of the molecule is CS(=O)CCn1c(Cl)nnc1C(C)(C)C. The molecule has 6 heteroatoms. The van der Waals surface area contributed by atoms with Gasteiger partial charge < -0.3 is 4.57 Å². The number of hydrogen-bond acceptors (Lipinski definition) is 3. The average molecular weight is 250 g/mol. The molecule has 0 aliphatic heterocycles. The summed E-state index contributed by atoms with van der Waals surface area (Å²) in [6.45, 7) is 6.74. The van der Waals surface area contributed by atoms with Crippen LogP contribution in [0.25, 0.3) is 0 Å². The molecule has 4 nitrogen and oxygen atoms in total. The molecule has 0 saturated carbocycles. The Labute approximate surface area is 97.5 Å². The molecule has 0 fully saturated rings. The zero-order valence-corrected chi connectivity index (χ0v) is 11.0. The Morgan fingerprint density at radius 1 is 1.40 bits per heavy atom. The van der Waals surface area contributed by atoms with E-state index in [1.165, 1.54) is 0 Å². The van der Waals surface area contributed by atoms with Crippen molar-refractivity contribution in [3.63, 3.8) is 0 Å². The third-order valence-corrected chi connectivity index (χ3v) is 3.02. The minimum absolute atomic E-state index is 0.102. The lowest BCUT2D eigenvalue weighted by molar-refractivity contribution is 0.505. The molecule has 0 aliphatic rings. The normalized spacial score (nSPS) is 14.2. The largest absolute Gasteiger partial charge is 0.300 e. The summed E-state index contributed by atoms with van der Waals surface area (Å²) in [6, 6.07) is 0. The maximum absolute atomic E-state index is 11.0. The van der Waals surface area contributed by atoms with Gasteiger partial charge >= 0.3 is 0 Å². The molecule has 0 aromatic carbocycles. The maximum Gasteiger partial charge on any atom is 0.225 e. The predicted octanol–water partition coefficient (Wildman–Crippen LogP) is 1.61. The van der Waals surface area contributed by atoms with Gasteiger partial charge in [0, 0.05) is 34.8 Å². The van der Waals surface area contributed by atoms with Crippen LogP contribution in [0.3, 0.4) is 0 Å². The topological polar surface area (TPSA) is 47.8 Å². The van der Waals surface area contributed by atoms with Crippen molar-refractivity contribution in [3.8, 4) is 0 Å². The molecule has 0 radical (unpaired) electrons. The molecule has 15 heavy (non-hydrogen) atoms. The molecule has 0 spiro atoms. The zero-order valence-electron chi connectivity index (χ0n) is 9.45. The summed E-state index contributed by atoms with van der Waals surface area (Å²) in [5.41, 5.74) is -0.102.